The number of amides is 8. The van der Waals surface area contributed by atoms with Crippen molar-refractivity contribution in [3.63, 3.8) is 0 Å². The highest BCUT2D eigenvalue weighted by atomic mass is 32.2. The molecule has 2 aromatic carbocycles. The predicted octanol–water partition coefficient (Wildman–Crippen LogP) is 1.27. The Kier molecular flexibility index (Phi) is 21.4. The molecule has 1 aliphatic heterocycles. The summed E-state index contributed by atoms with van der Waals surface area (Å²) in [7, 11) is 5.35. The number of ether oxygens (including phenoxy) is 2. The van der Waals surface area contributed by atoms with Crippen LogP contribution < -0.4 is 21.3 Å². The third-order valence-electron chi connectivity index (χ3n) is 13.2. The van der Waals surface area contributed by atoms with Crippen molar-refractivity contribution < 1.29 is 57.4 Å². The van der Waals surface area contributed by atoms with Crippen LogP contribution in [0.25, 0.3) is 22.1 Å². The monoisotopic (exact) mass is 1120 g/mol. The summed E-state index contributed by atoms with van der Waals surface area (Å²) in [6.07, 6.45) is 5.85. The number of carbonyl (C=O) groups excluding carboxylic acids is 10. The molecular formula is C52H68N12O12S2. The van der Waals surface area contributed by atoms with Gasteiger partial charge in [0, 0.05) is 28.2 Å². The average Bonchev–Trinajstić information content (AvgIpc) is 3.42. The highest BCUT2D eigenvalue weighted by Crippen LogP contribution is 2.29. The highest BCUT2D eigenvalue weighted by molar-refractivity contribution is 8.16. The van der Waals surface area contributed by atoms with Crippen LogP contribution in [0.5, 0.6) is 0 Å². The topological polar surface area (TPSA) is 302 Å². The molecule has 1 saturated heterocycles. The number of thioether (sulfide) groups is 2. The molecule has 0 radical (unpaired) electrons. The van der Waals surface area contributed by atoms with Crippen molar-refractivity contribution in [1.82, 2.24) is 60.8 Å². The molecule has 0 bridgehead atoms. The van der Waals surface area contributed by atoms with Crippen molar-refractivity contribution in [2.24, 2.45) is 11.8 Å². The van der Waals surface area contributed by atoms with Crippen LogP contribution in [0.2, 0.25) is 0 Å². The van der Waals surface area contributed by atoms with Crippen molar-refractivity contribution in [1.29, 1.82) is 0 Å². The third-order valence-corrected chi connectivity index (χ3v) is 15.8. The number of aromatic nitrogens is 4. The first-order valence-corrected chi connectivity index (χ1v) is 27.5. The lowest BCUT2D eigenvalue weighted by Gasteiger charge is -2.38. The fourth-order valence-corrected chi connectivity index (χ4v) is 10.6. The second-order valence-corrected chi connectivity index (χ2v) is 21.7. The van der Waals surface area contributed by atoms with Crippen molar-refractivity contribution in [3.8, 4) is 0 Å². The Hall–Kier alpha value is -7.48. The molecule has 0 spiro atoms. The minimum absolute atomic E-state index is 0.187. The van der Waals surface area contributed by atoms with E-state index < -0.39 is 137 Å². The maximum atomic E-state index is 14.8. The van der Waals surface area contributed by atoms with Gasteiger partial charge < -0.3 is 50.3 Å². The maximum absolute atomic E-state index is 14.8. The van der Waals surface area contributed by atoms with Crippen LogP contribution in [0.1, 0.15) is 69.4 Å². The minimum atomic E-state index is -1.67. The Bertz CT molecular complexity index is 2910. The number of nitrogens with one attached hydrogen (secondary N) is 4. The van der Waals surface area contributed by atoms with E-state index in [0.717, 1.165) is 19.6 Å². The molecule has 2 unspecified atom stereocenters. The van der Waals surface area contributed by atoms with Crippen LogP contribution in [0, 0.1) is 11.8 Å². The van der Waals surface area contributed by atoms with Crippen LogP contribution in [0.15, 0.2) is 60.9 Å². The zero-order chi connectivity index (χ0) is 57.9. The summed E-state index contributed by atoms with van der Waals surface area (Å²) < 4.78 is 10.8. The number of carbonyl (C=O) groups is 10. The SMILES string of the molecule is CSC(SC)[C@H]1C(=O)N(C)C(C(C)C)C(=O)OC[C@@H](NC(=O)c2cnc3ccccc3n2)C(=O)N[C@@H](C)C(=O)N(C)[C@@H](C)C(=O)N(C)C(C(C)C)C(=O)OC[C@@H](NC(=O)c2cnc3ccccc3n2)C(=O)N[C@@H](C)C(=O)N1C. The molecule has 0 saturated carbocycles. The van der Waals surface area contributed by atoms with Gasteiger partial charge >= 0.3 is 11.9 Å². The number of hydrogen-bond acceptors (Lipinski definition) is 18. The zero-order valence-corrected chi connectivity index (χ0v) is 47.5. The molecule has 0 aliphatic carbocycles. The molecular weight excluding hydrogens is 1050 g/mol. The molecule has 5 rings (SSSR count). The van der Waals surface area contributed by atoms with E-state index in [1.807, 2.05) is 0 Å². The quantitative estimate of drug-likeness (QED) is 0.136. The highest BCUT2D eigenvalue weighted by Gasteiger charge is 2.43. The first-order valence-electron chi connectivity index (χ1n) is 24.9. The number of rotatable bonds is 9. The minimum Gasteiger partial charge on any atom is -0.461 e. The molecule has 1 fully saturated rings. The molecule has 1 aliphatic rings. The largest absolute Gasteiger partial charge is 0.461 e. The van der Waals surface area contributed by atoms with E-state index in [4.69, 9.17) is 9.47 Å². The van der Waals surface area contributed by atoms with Crippen LogP contribution in [0.3, 0.4) is 0 Å². The lowest BCUT2D eigenvalue weighted by atomic mass is 10.0. The fourth-order valence-electron chi connectivity index (χ4n) is 8.67. The van der Waals surface area contributed by atoms with Gasteiger partial charge in [0.25, 0.3) is 11.8 Å². The molecule has 26 heteroatoms. The number of nitrogens with zero attached hydrogens (tertiary/aromatic N) is 8. The lowest BCUT2D eigenvalue weighted by Crippen LogP contribution is -2.61. The summed E-state index contributed by atoms with van der Waals surface area (Å²) in [5, 5.41) is 10.2. The van der Waals surface area contributed by atoms with Crippen LogP contribution >= 0.6 is 23.5 Å². The van der Waals surface area contributed by atoms with Crippen LogP contribution in [0.4, 0.5) is 0 Å². The zero-order valence-electron chi connectivity index (χ0n) is 45.8. The number of benzene rings is 2. The molecule has 3 heterocycles. The molecule has 4 N–H and O–H groups in total. The Morgan fingerprint density at radius 3 is 1.29 bits per heavy atom. The van der Waals surface area contributed by atoms with E-state index in [-0.39, 0.29) is 11.4 Å². The van der Waals surface area contributed by atoms with E-state index in [0.29, 0.717) is 22.1 Å². The Labute approximate surface area is 460 Å². The second kappa shape index (κ2) is 27.2. The van der Waals surface area contributed by atoms with Crippen molar-refractivity contribution in [3.05, 3.63) is 72.3 Å². The van der Waals surface area contributed by atoms with Gasteiger partial charge in [-0.25, -0.2) is 19.6 Å². The van der Waals surface area contributed by atoms with E-state index in [1.165, 1.54) is 84.9 Å². The Morgan fingerprint density at radius 2 is 0.910 bits per heavy atom. The van der Waals surface area contributed by atoms with E-state index >= 15 is 0 Å². The summed E-state index contributed by atoms with van der Waals surface area (Å²) in [4.78, 5) is 164. The van der Waals surface area contributed by atoms with Gasteiger partial charge in [-0.2, -0.15) is 0 Å². The molecule has 420 valence electrons. The lowest BCUT2D eigenvalue weighted by molar-refractivity contribution is -0.160. The molecule has 2 aromatic heterocycles. The van der Waals surface area contributed by atoms with Gasteiger partial charge in [-0.05, 0) is 69.4 Å². The van der Waals surface area contributed by atoms with Crippen molar-refractivity contribution in [2.45, 2.75) is 101 Å². The Balaban J connectivity index is 1.54. The van der Waals surface area contributed by atoms with Gasteiger partial charge in [0.2, 0.25) is 35.4 Å². The number of likely N-dealkylation sites (N-methyl/N-ethyl adjacent to an activating group) is 4. The fraction of sp³-hybridized carbons (Fsp3) is 0.500. The first-order chi connectivity index (χ1) is 36.8. The molecule has 4 aromatic rings. The van der Waals surface area contributed by atoms with Crippen LogP contribution in [-0.4, -0.2) is 206 Å². The summed E-state index contributed by atoms with van der Waals surface area (Å²) >= 11 is 2.50. The number of hydrogen-bond donors (Lipinski definition) is 4. The van der Waals surface area contributed by atoms with E-state index in [1.54, 1.807) is 88.7 Å². The maximum Gasteiger partial charge on any atom is 0.329 e. The molecule has 8 atom stereocenters. The number of cyclic esters (lactones) is 2. The average molecular weight is 1120 g/mol. The first kappa shape index (κ1) is 61.4. The number of para-hydroxylation sites is 4. The van der Waals surface area contributed by atoms with Crippen LogP contribution in [-0.2, 0) is 47.8 Å². The normalized spacial score (nSPS) is 23.6. The smallest absolute Gasteiger partial charge is 0.329 e. The van der Waals surface area contributed by atoms with Crippen molar-refractivity contribution >= 4 is 105 Å². The van der Waals surface area contributed by atoms with Gasteiger partial charge in [0.1, 0.15) is 72.9 Å². The van der Waals surface area contributed by atoms with Gasteiger partial charge in [-0.15, -0.1) is 23.5 Å². The summed E-state index contributed by atoms with van der Waals surface area (Å²) in [6, 6.07) is 2.23. The van der Waals surface area contributed by atoms with E-state index in [9.17, 15) is 47.9 Å². The number of esters is 2. The molecule has 8 amide bonds. The van der Waals surface area contributed by atoms with Gasteiger partial charge in [0.05, 0.1) is 39.0 Å². The second-order valence-electron chi connectivity index (χ2n) is 19.4. The summed E-state index contributed by atoms with van der Waals surface area (Å²) in [6.45, 7) is 9.05. The molecule has 78 heavy (non-hydrogen) atoms. The standard InChI is InChI=1S/C52H68N12O12S2/c1-26(2)39-50(73)75-24-38(60-43(66)36-23-54-32-19-15-17-21-34(32)58-36)45(68)56-29(6)47(70)64(11)41(52(77-12)78-13)49(72)63(10)40(27(3)4)51(74)76-25-37(59-42(65)35-22-53-31-18-14-16-20-33(31)57-35)44(67)55-28(5)46(69)61(8)30(7)48(71)62(39)9/h14-23,26-30,37-41,52H,24-25H2,1-13H3,(H,55,67)(H,56,68)(H,59,65)(H,60,66)/t28-,29-,30-,37+,38+,39?,40?,41+/m0/s1. The molecule has 24 nitrogen and oxygen atoms in total. The number of fused-ring (bicyclic) bond motifs is 2. The summed E-state index contributed by atoms with van der Waals surface area (Å²) in [5.41, 5.74) is 1.36. The summed E-state index contributed by atoms with van der Waals surface area (Å²) in [5.74, 6) is -9.91. The van der Waals surface area contributed by atoms with Gasteiger partial charge in [-0.3, -0.25) is 48.3 Å². The Morgan fingerprint density at radius 1 is 0.551 bits per heavy atom. The van der Waals surface area contributed by atoms with E-state index in [2.05, 4.69) is 41.2 Å². The van der Waals surface area contributed by atoms with Crippen molar-refractivity contribution in [2.75, 3.05) is 53.9 Å². The third kappa shape index (κ3) is 14.6. The predicted molar refractivity (Wildman–Crippen MR) is 291 cm³/mol. The van der Waals surface area contributed by atoms with Gasteiger partial charge in [-0.1, -0.05) is 52.0 Å². The van der Waals surface area contributed by atoms with Gasteiger partial charge in [0.15, 0.2) is 0 Å².